The summed E-state index contributed by atoms with van der Waals surface area (Å²) in [5, 5.41) is 6.52. The summed E-state index contributed by atoms with van der Waals surface area (Å²) in [6, 6.07) is 130. The van der Waals surface area contributed by atoms with Gasteiger partial charge in [-0.15, -0.1) is 0 Å². The Morgan fingerprint density at radius 3 is 0.873 bits per heavy atom. The summed E-state index contributed by atoms with van der Waals surface area (Å²) in [7, 11) is 0. The van der Waals surface area contributed by atoms with Gasteiger partial charge in [0.25, 0.3) is 0 Å². The Hall–Kier alpha value is -13.6. The molecule has 0 radical (unpaired) electrons. The molecular formula is C94H62F2N6. The summed E-state index contributed by atoms with van der Waals surface area (Å²) < 4.78 is 40.4. The molecule has 19 rings (SSSR count). The number of rotatable bonds is 14. The van der Waals surface area contributed by atoms with Crippen molar-refractivity contribution in [2.45, 2.75) is 0 Å². The summed E-state index contributed by atoms with van der Waals surface area (Å²) in [5.74, 6) is -0.646. The van der Waals surface area contributed by atoms with Gasteiger partial charge in [-0.25, -0.2) is 8.78 Å². The van der Waals surface area contributed by atoms with Gasteiger partial charge >= 0.3 is 0 Å². The second-order valence-corrected chi connectivity index (χ2v) is 26.0. The van der Waals surface area contributed by atoms with Crippen LogP contribution in [0.15, 0.2) is 376 Å². The molecule has 0 spiro atoms. The number of fused-ring (bicyclic) bond motifs is 8. The number of anilines is 6. The molecule has 0 saturated carbocycles. The largest absolute Gasteiger partial charge is 0.310 e. The van der Waals surface area contributed by atoms with E-state index in [1.54, 1.807) is 24.3 Å². The van der Waals surface area contributed by atoms with E-state index in [0.29, 0.717) is 0 Å². The molecule has 0 N–H and O–H groups in total. The smallest absolute Gasteiger partial charge is 0.123 e. The zero-order valence-electron chi connectivity index (χ0n) is 55.2. The van der Waals surface area contributed by atoms with Gasteiger partial charge in [0.2, 0.25) is 0 Å². The Kier molecular flexibility index (Phi) is 14.5. The number of nitrogens with zero attached hydrogens (tertiary/aromatic N) is 6. The molecule has 0 aliphatic heterocycles. The van der Waals surface area contributed by atoms with Crippen molar-refractivity contribution in [1.29, 1.82) is 0 Å². The normalized spacial score (nSPS) is 11.6. The van der Waals surface area contributed by atoms with E-state index < -0.39 is 0 Å². The SMILES string of the molecule is Fc1cccc(-c2cc3cc4c(cc(-c5cccc(F)c5)n4-c4ccc(N(c5ccc(-c6ccccc6)cc5)c5ccc6c(c5)c5ccccc5n6-c5ccccc5)cc4)cc3n2-c2ccc(N(c3ccc(-c4ccccc4)cc3)c3ccc4c(c3)c3ccccc3n4-c3ccccc3)cc2)c1. The number of para-hydroxylation sites is 4. The molecular weight excluding hydrogens is 1250 g/mol. The first-order valence-corrected chi connectivity index (χ1v) is 34.4. The van der Waals surface area contributed by atoms with Crippen molar-refractivity contribution in [2.75, 3.05) is 9.80 Å². The van der Waals surface area contributed by atoms with Gasteiger partial charge in [-0.1, -0.05) is 182 Å². The van der Waals surface area contributed by atoms with Crippen molar-refractivity contribution in [3.8, 4) is 67.5 Å². The zero-order valence-corrected chi connectivity index (χ0v) is 55.2. The molecule has 8 heteroatoms. The van der Waals surface area contributed by atoms with E-state index in [2.05, 4.69) is 344 Å². The molecule has 6 nitrogen and oxygen atoms in total. The van der Waals surface area contributed by atoms with Crippen molar-refractivity contribution in [3.05, 3.63) is 388 Å². The lowest BCUT2D eigenvalue weighted by Crippen LogP contribution is -2.10. The molecule has 102 heavy (non-hydrogen) atoms. The van der Waals surface area contributed by atoms with Gasteiger partial charge < -0.3 is 28.1 Å². The van der Waals surface area contributed by atoms with E-state index >= 15 is 8.78 Å². The van der Waals surface area contributed by atoms with Crippen LogP contribution in [0, 0.1) is 11.6 Å². The van der Waals surface area contributed by atoms with Crippen molar-refractivity contribution >= 4 is 99.5 Å². The summed E-state index contributed by atoms with van der Waals surface area (Å²) in [5.41, 5.74) is 24.0. The van der Waals surface area contributed by atoms with Crippen LogP contribution < -0.4 is 9.80 Å². The predicted molar refractivity (Wildman–Crippen MR) is 420 cm³/mol. The van der Waals surface area contributed by atoms with Crippen LogP contribution in [0.4, 0.5) is 42.9 Å². The van der Waals surface area contributed by atoms with Crippen molar-refractivity contribution in [2.24, 2.45) is 0 Å². The van der Waals surface area contributed by atoms with Gasteiger partial charge in [-0.2, -0.15) is 0 Å². The van der Waals surface area contributed by atoms with Crippen LogP contribution in [0.25, 0.3) is 133 Å². The Bertz CT molecular complexity index is 5970. The monoisotopic (exact) mass is 1310 g/mol. The molecule has 19 aromatic rings. The molecule has 4 aromatic heterocycles. The minimum atomic E-state index is -0.323. The highest BCUT2D eigenvalue weighted by atomic mass is 19.1. The first-order valence-electron chi connectivity index (χ1n) is 34.4. The van der Waals surface area contributed by atoms with E-state index in [1.807, 2.05) is 24.3 Å². The van der Waals surface area contributed by atoms with Crippen molar-refractivity contribution in [1.82, 2.24) is 18.3 Å². The minimum absolute atomic E-state index is 0.323. The van der Waals surface area contributed by atoms with E-state index in [4.69, 9.17) is 0 Å². The fourth-order valence-electron chi connectivity index (χ4n) is 15.4. The average Bonchev–Trinajstić information content (AvgIpc) is 1.59. The van der Waals surface area contributed by atoms with E-state index in [-0.39, 0.29) is 11.6 Å². The molecule has 0 aliphatic rings. The summed E-state index contributed by atoms with van der Waals surface area (Å²) in [4.78, 5) is 4.65. The summed E-state index contributed by atoms with van der Waals surface area (Å²) in [6.07, 6.45) is 0. The minimum Gasteiger partial charge on any atom is -0.310 e. The third kappa shape index (κ3) is 10.4. The number of hydrogen-bond acceptors (Lipinski definition) is 2. The van der Waals surface area contributed by atoms with Crippen LogP contribution >= 0.6 is 0 Å². The van der Waals surface area contributed by atoms with Crippen LogP contribution in [0.1, 0.15) is 0 Å². The maximum atomic E-state index is 15.6. The second-order valence-electron chi connectivity index (χ2n) is 26.0. The van der Waals surface area contributed by atoms with E-state index in [1.165, 1.54) is 22.9 Å². The lowest BCUT2D eigenvalue weighted by Gasteiger charge is -2.26. The van der Waals surface area contributed by atoms with Crippen molar-refractivity contribution in [3.63, 3.8) is 0 Å². The molecule has 4 heterocycles. The molecule has 0 unspecified atom stereocenters. The molecule has 0 bridgehead atoms. The number of aromatic nitrogens is 4. The maximum Gasteiger partial charge on any atom is 0.123 e. The van der Waals surface area contributed by atoms with Gasteiger partial charge in [-0.05, 0) is 216 Å². The molecule has 0 fully saturated rings. The van der Waals surface area contributed by atoms with Crippen molar-refractivity contribution < 1.29 is 8.78 Å². The average molecular weight is 1310 g/mol. The number of hydrogen-bond donors (Lipinski definition) is 0. The van der Waals surface area contributed by atoms with Crippen LogP contribution in [-0.4, -0.2) is 18.3 Å². The third-order valence-electron chi connectivity index (χ3n) is 20.0. The summed E-state index contributed by atoms with van der Waals surface area (Å²) >= 11 is 0. The van der Waals surface area contributed by atoms with Gasteiger partial charge in [-0.3, -0.25) is 0 Å². The van der Waals surface area contributed by atoms with Crippen LogP contribution in [-0.2, 0) is 0 Å². The predicted octanol–water partition coefficient (Wildman–Crippen LogP) is 25.7. The van der Waals surface area contributed by atoms with Gasteiger partial charge in [0.05, 0.1) is 44.5 Å². The van der Waals surface area contributed by atoms with Gasteiger partial charge in [0.15, 0.2) is 0 Å². The lowest BCUT2D eigenvalue weighted by molar-refractivity contribution is 0.628. The molecule has 482 valence electrons. The highest BCUT2D eigenvalue weighted by Gasteiger charge is 2.24. The van der Waals surface area contributed by atoms with E-state index in [9.17, 15) is 0 Å². The number of halogens is 2. The molecule has 0 atom stereocenters. The quantitative estimate of drug-likeness (QED) is 0.108. The van der Waals surface area contributed by atoms with Crippen LogP contribution in [0.5, 0.6) is 0 Å². The Labute approximate surface area is 588 Å². The van der Waals surface area contributed by atoms with Gasteiger partial charge in [0.1, 0.15) is 11.6 Å². The fraction of sp³-hybridized carbons (Fsp3) is 0. The van der Waals surface area contributed by atoms with Crippen LogP contribution in [0.3, 0.4) is 0 Å². The topological polar surface area (TPSA) is 26.2 Å². The van der Waals surface area contributed by atoms with Gasteiger partial charge in [0, 0.05) is 100 Å². The van der Waals surface area contributed by atoms with Crippen LogP contribution in [0.2, 0.25) is 0 Å². The molecule has 0 amide bonds. The lowest BCUT2D eigenvalue weighted by atomic mass is 10.0. The maximum absolute atomic E-state index is 15.6. The zero-order chi connectivity index (χ0) is 67.8. The highest BCUT2D eigenvalue weighted by Crippen LogP contribution is 2.46. The molecule has 15 aromatic carbocycles. The Balaban J connectivity index is 0.747. The van der Waals surface area contributed by atoms with E-state index in [0.717, 1.165) is 156 Å². The first-order chi connectivity index (χ1) is 50.4. The highest BCUT2D eigenvalue weighted by molar-refractivity contribution is 6.12. The standard InChI is InChI=1S/C94H62F2N6/c95-71-25-17-23-67(55-71)91-57-69-60-94-70(59-93(69)101(91)79-47-43-77(44-48-79)97(75-39-35-65(36-40-75)63-19-5-1-6-20-63)81-51-53-89-85(61-81)83-31-13-15-33-87(83)99(89)73-27-9-3-10-28-73)58-92(68-24-18-26-72(96)56-68)102(94)80-49-45-78(46-50-80)98(76-41-37-66(38-42-76)64-21-7-2-8-22-64)82-52-54-90-86(62-82)84-32-14-16-34-88(84)100(90)74-29-11-4-12-30-74/h1-62H. The number of benzene rings is 15. The first kappa shape index (κ1) is 59.7. The second kappa shape index (κ2) is 24.8. The summed E-state index contributed by atoms with van der Waals surface area (Å²) in [6.45, 7) is 0. The fourth-order valence-corrected chi connectivity index (χ4v) is 15.4. The Morgan fingerprint density at radius 1 is 0.186 bits per heavy atom. The molecule has 0 saturated heterocycles. The molecule has 0 aliphatic carbocycles. The third-order valence-corrected chi connectivity index (χ3v) is 20.0. The Morgan fingerprint density at radius 2 is 0.490 bits per heavy atom.